The van der Waals surface area contributed by atoms with E-state index in [1.54, 1.807) is 24.4 Å². The van der Waals surface area contributed by atoms with Crippen molar-refractivity contribution in [2.24, 2.45) is 5.92 Å². The molecule has 150 valence electrons. The van der Waals surface area contributed by atoms with Crippen LogP contribution in [0.2, 0.25) is 0 Å². The van der Waals surface area contributed by atoms with E-state index in [0.29, 0.717) is 31.7 Å². The molecule has 0 bridgehead atoms. The van der Waals surface area contributed by atoms with Crippen LogP contribution in [0.5, 0.6) is 5.75 Å². The first-order valence-electron chi connectivity index (χ1n) is 9.69. The van der Waals surface area contributed by atoms with Crippen LogP contribution in [0.4, 0.5) is 0 Å². The van der Waals surface area contributed by atoms with Crippen molar-refractivity contribution < 1.29 is 14.7 Å². The van der Waals surface area contributed by atoms with Crippen molar-refractivity contribution in [3.8, 4) is 5.75 Å². The van der Waals surface area contributed by atoms with Crippen molar-refractivity contribution in [2.75, 3.05) is 39.3 Å². The molecule has 1 fully saturated rings. The smallest absolute Gasteiger partial charge is 0.232 e. The fourth-order valence-corrected chi connectivity index (χ4v) is 3.30. The SMILES string of the molecule is O=C1NCCNCCCNCCNC(=O)C1Cc1ccc(O)c2ncccc12. The maximum atomic E-state index is 12.7. The Morgan fingerprint density at radius 1 is 0.929 bits per heavy atom. The summed E-state index contributed by atoms with van der Waals surface area (Å²) in [6.45, 7) is 4.01. The van der Waals surface area contributed by atoms with Crippen LogP contribution in [0.15, 0.2) is 30.5 Å². The van der Waals surface area contributed by atoms with Gasteiger partial charge < -0.3 is 26.4 Å². The lowest BCUT2D eigenvalue weighted by molar-refractivity contribution is -0.135. The van der Waals surface area contributed by atoms with Gasteiger partial charge in [-0.15, -0.1) is 0 Å². The van der Waals surface area contributed by atoms with E-state index in [9.17, 15) is 14.7 Å². The number of nitrogens with one attached hydrogen (secondary N) is 4. The summed E-state index contributed by atoms with van der Waals surface area (Å²) in [6, 6.07) is 6.91. The van der Waals surface area contributed by atoms with E-state index in [2.05, 4.69) is 26.3 Å². The highest BCUT2D eigenvalue weighted by Crippen LogP contribution is 2.27. The molecule has 8 heteroatoms. The van der Waals surface area contributed by atoms with Gasteiger partial charge in [0.25, 0.3) is 0 Å². The van der Waals surface area contributed by atoms with Gasteiger partial charge in [0.15, 0.2) is 0 Å². The maximum Gasteiger partial charge on any atom is 0.232 e. The quantitative estimate of drug-likeness (QED) is 0.462. The number of carbonyl (C=O) groups excluding carboxylic acids is 2. The summed E-state index contributed by atoms with van der Waals surface area (Å²) in [4.78, 5) is 29.7. The summed E-state index contributed by atoms with van der Waals surface area (Å²) in [7, 11) is 0. The summed E-state index contributed by atoms with van der Waals surface area (Å²) in [6.07, 6.45) is 2.83. The first-order chi connectivity index (χ1) is 13.7. The Hall–Kier alpha value is -2.71. The van der Waals surface area contributed by atoms with Gasteiger partial charge in [0.05, 0.1) is 0 Å². The van der Waals surface area contributed by atoms with E-state index in [4.69, 9.17) is 0 Å². The summed E-state index contributed by atoms with van der Waals surface area (Å²) >= 11 is 0. The first kappa shape index (κ1) is 20.0. The molecule has 8 nitrogen and oxygen atoms in total. The second-order valence-electron chi connectivity index (χ2n) is 6.84. The van der Waals surface area contributed by atoms with Crippen LogP contribution < -0.4 is 21.3 Å². The molecule has 0 radical (unpaired) electrons. The molecule has 5 N–H and O–H groups in total. The number of amides is 2. The third-order valence-corrected chi connectivity index (χ3v) is 4.80. The Labute approximate surface area is 164 Å². The minimum Gasteiger partial charge on any atom is -0.506 e. The van der Waals surface area contributed by atoms with E-state index in [1.165, 1.54) is 0 Å². The average molecular weight is 385 g/mol. The van der Waals surface area contributed by atoms with Gasteiger partial charge in [-0.05, 0) is 43.6 Å². The molecule has 1 aliphatic heterocycles. The van der Waals surface area contributed by atoms with Gasteiger partial charge in [0.1, 0.15) is 17.2 Å². The molecule has 1 aromatic carbocycles. The van der Waals surface area contributed by atoms with Crippen LogP contribution in [-0.2, 0) is 16.0 Å². The van der Waals surface area contributed by atoms with Crippen molar-refractivity contribution in [3.63, 3.8) is 0 Å². The van der Waals surface area contributed by atoms with Crippen LogP contribution in [0.1, 0.15) is 12.0 Å². The number of aromatic hydroxyl groups is 1. The van der Waals surface area contributed by atoms with Crippen molar-refractivity contribution in [3.05, 3.63) is 36.0 Å². The maximum absolute atomic E-state index is 12.7. The topological polar surface area (TPSA) is 115 Å². The van der Waals surface area contributed by atoms with Gasteiger partial charge in [-0.1, -0.05) is 12.1 Å². The number of hydrogen-bond donors (Lipinski definition) is 5. The first-order valence-corrected chi connectivity index (χ1v) is 9.69. The Morgan fingerprint density at radius 2 is 1.61 bits per heavy atom. The monoisotopic (exact) mass is 385 g/mol. The fraction of sp³-hybridized carbons (Fsp3) is 0.450. The molecule has 1 saturated heterocycles. The molecule has 0 saturated carbocycles. The van der Waals surface area contributed by atoms with E-state index >= 15 is 0 Å². The van der Waals surface area contributed by atoms with Crippen molar-refractivity contribution in [1.82, 2.24) is 26.3 Å². The normalized spacial score (nSPS) is 18.3. The predicted molar refractivity (Wildman–Crippen MR) is 107 cm³/mol. The largest absolute Gasteiger partial charge is 0.506 e. The minimum atomic E-state index is -0.851. The number of phenols is 1. The van der Waals surface area contributed by atoms with Crippen LogP contribution >= 0.6 is 0 Å². The second-order valence-corrected chi connectivity index (χ2v) is 6.84. The molecule has 28 heavy (non-hydrogen) atoms. The third kappa shape index (κ3) is 5.17. The lowest BCUT2D eigenvalue weighted by atomic mass is 9.94. The third-order valence-electron chi connectivity index (χ3n) is 4.80. The molecular weight excluding hydrogens is 358 g/mol. The van der Waals surface area contributed by atoms with E-state index in [1.807, 2.05) is 6.07 Å². The summed E-state index contributed by atoms with van der Waals surface area (Å²) < 4.78 is 0. The predicted octanol–water partition coefficient (Wildman–Crippen LogP) is -0.0856. The molecule has 2 amide bonds. The fourth-order valence-electron chi connectivity index (χ4n) is 3.30. The Kier molecular flexibility index (Phi) is 7.16. The standard InChI is InChI=1S/C20H27N5O3/c26-17-5-4-14(15-3-1-8-23-18(15)17)13-16-19(27)24-11-9-21-6-2-7-22-10-12-25-20(16)28/h1,3-5,8,16,21-22,26H,2,6-7,9-13H2,(H,24,27)(H,25,28). The summed E-state index contributed by atoms with van der Waals surface area (Å²) in [5.41, 5.74) is 1.27. The number of phenolic OH excluding ortho intramolecular Hbond substituents is 1. The van der Waals surface area contributed by atoms with Gasteiger partial charge >= 0.3 is 0 Å². The number of hydrogen-bond acceptors (Lipinski definition) is 6. The zero-order chi connectivity index (χ0) is 19.8. The second kappa shape index (κ2) is 10.0. The summed E-state index contributed by atoms with van der Waals surface area (Å²) in [5.74, 6) is -1.36. The van der Waals surface area contributed by atoms with Gasteiger partial charge in [-0.25, -0.2) is 0 Å². The van der Waals surface area contributed by atoms with Crippen LogP contribution in [0.25, 0.3) is 10.9 Å². The van der Waals surface area contributed by atoms with Gasteiger partial charge in [-0.2, -0.15) is 0 Å². The Morgan fingerprint density at radius 3 is 2.29 bits per heavy atom. The molecule has 2 aromatic rings. The number of rotatable bonds is 2. The molecule has 0 spiro atoms. The van der Waals surface area contributed by atoms with Crippen LogP contribution in [-0.4, -0.2) is 61.2 Å². The highest BCUT2D eigenvalue weighted by Gasteiger charge is 2.27. The zero-order valence-corrected chi connectivity index (χ0v) is 15.8. The molecule has 1 aliphatic rings. The molecule has 1 aromatic heterocycles. The van der Waals surface area contributed by atoms with Crippen LogP contribution in [0, 0.1) is 5.92 Å². The summed E-state index contributed by atoms with van der Waals surface area (Å²) in [5, 5.41) is 23.0. The Bertz CT molecular complexity index is 803. The van der Waals surface area contributed by atoms with E-state index in [0.717, 1.165) is 30.5 Å². The zero-order valence-electron chi connectivity index (χ0n) is 15.8. The van der Waals surface area contributed by atoms with Crippen molar-refractivity contribution >= 4 is 22.7 Å². The number of aromatic nitrogens is 1. The van der Waals surface area contributed by atoms with Crippen LogP contribution in [0.3, 0.4) is 0 Å². The number of benzene rings is 1. The minimum absolute atomic E-state index is 0.0800. The molecule has 0 atom stereocenters. The number of pyridine rings is 1. The van der Waals surface area contributed by atoms with Crippen molar-refractivity contribution in [2.45, 2.75) is 12.8 Å². The van der Waals surface area contributed by atoms with Gasteiger partial charge in [0, 0.05) is 37.8 Å². The highest BCUT2D eigenvalue weighted by atomic mass is 16.3. The molecule has 0 unspecified atom stereocenters. The van der Waals surface area contributed by atoms with Gasteiger partial charge in [0.2, 0.25) is 11.8 Å². The van der Waals surface area contributed by atoms with Crippen molar-refractivity contribution in [1.29, 1.82) is 0 Å². The lowest BCUT2D eigenvalue weighted by Crippen LogP contribution is -2.46. The Balaban J connectivity index is 1.80. The number of fused-ring (bicyclic) bond motifs is 1. The highest BCUT2D eigenvalue weighted by molar-refractivity contribution is 6.01. The van der Waals surface area contributed by atoms with E-state index < -0.39 is 5.92 Å². The molecular formula is C20H27N5O3. The molecule has 0 aliphatic carbocycles. The van der Waals surface area contributed by atoms with E-state index in [-0.39, 0.29) is 24.0 Å². The molecule has 3 rings (SSSR count). The lowest BCUT2D eigenvalue weighted by Gasteiger charge is -2.19. The number of carbonyl (C=O) groups is 2. The average Bonchev–Trinajstić information content (AvgIpc) is 2.71. The number of nitrogens with zero attached hydrogens (tertiary/aromatic N) is 1. The molecule has 2 heterocycles. The van der Waals surface area contributed by atoms with Gasteiger partial charge in [-0.3, -0.25) is 14.6 Å².